The number of aromatic nitrogens is 4. The number of anilines is 1. The summed E-state index contributed by atoms with van der Waals surface area (Å²) in [6.07, 6.45) is -1.75. The van der Waals surface area contributed by atoms with Crippen LogP contribution in [0.3, 0.4) is 0 Å². The van der Waals surface area contributed by atoms with Gasteiger partial charge in [-0.3, -0.25) is 9.36 Å². The van der Waals surface area contributed by atoms with E-state index in [2.05, 4.69) is 21.0 Å². The molecular formula is C25H18ClF3N6OS. The van der Waals surface area contributed by atoms with Crippen LogP contribution in [0.1, 0.15) is 35.8 Å². The van der Waals surface area contributed by atoms with Crippen molar-refractivity contribution in [3.8, 4) is 11.8 Å². The molecule has 7 nitrogen and oxygen atoms in total. The first-order valence-electron chi connectivity index (χ1n) is 11.2. The molecule has 0 spiro atoms. The molecule has 0 aliphatic carbocycles. The Morgan fingerprint density at radius 2 is 1.86 bits per heavy atom. The zero-order chi connectivity index (χ0) is 26.3. The number of nitriles is 1. The van der Waals surface area contributed by atoms with Crippen LogP contribution in [0.2, 0.25) is 5.15 Å². The van der Waals surface area contributed by atoms with Crippen molar-refractivity contribution in [2.45, 2.75) is 30.2 Å². The summed E-state index contributed by atoms with van der Waals surface area (Å²) in [6, 6.07) is 13.4. The van der Waals surface area contributed by atoms with Crippen molar-refractivity contribution in [1.82, 2.24) is 19.5 Å². The third kappa shape index (κ3) is 4.40. The van der Waals surface area contributed by atoms with Crippen LogP contribution in [0.4, 0.5) is 19.0 Å². The van der Waals surface area contributed by atoms with E-state index >= 15 is 0 Å². The molecule has 0 bridgehead atoms. The fraction of sp³-hybridized carbons (Fsp3) is 0.240. The van der Waals surface area contributed by atoms with Crippen LogP contribution in [0.15, 0.2) is 58.5 Å². The Morgan fingerprint density at radius 1 is 1.11 bits per heavy atom. The first-order valence-corrected chi connectivity index (χ1v) is 12.8. The molecule has 0 radical (unpaired) electrons. The van der Waals surface area contributed by atoms with Gasteiger partial charge in [-0.1, -0.05) is 47.6 Å². The highest BCUT2D eigenvalue weighted by molar-refractivity contribution is 7.98. The minimum absolute atomic E-state index is 0.00393. The van der Waals surface area contributed by atoms with Gasteiger partial charge in [0.1, 0.15) is 17.5 Å². The van der Waals surface area contributed by atoms with Crippen molar-refractivity contribution >= 4 is 40.1 Å². The number of nitrogens with zero attached hydrogens (tertiary/aromatic N) is 6. The number of thioether (sulfide) groups is 1. The normalized spacial score (nSPS) is 15.8. The van der Waals surface area contributed by atoms with Crippen molar-refractivity contribution in [2.75, 3.05) is 17.7 Å². The Morgan fingerprint density at radius 3 is 2.54 bits per heavy atom. The van der Waals surface area contributed by atoms with E-state index in [9.17, 15) is 23.2 Å². The molecule has 0 unspecified atom stereocenters. The summed E-state index contributed by atoms with van der Waals surface area (Å²) in [7, 11) is 0. The SMILES string of the molecule is CSc1nc(Cl)c(C#N)c(N2CCC[C@H]2c2nc3cccc(C(F)(F)F)c3c(=O)n2-c2ccccc2)n1. The molecular weight excluding hydrogens is 525 g/mol. The number of hydrogen-bond acceptors (Lipinski definition) is 7. The number of para-hydroxylation sites is 1. The van der Waals surface area contributed by atoms with Gasteiger partial charge in [0.25, 0.3) is 5.56 Å². The lowest BCUT2D eigenvalue weighted by atomic mass is 10.1. The topological polar surface area (TPSA) is 87.7 Å². The molecule has 37 heavy (non-hydrogen) atoms. The predicted octanol–water partition coefficient (Wildman–Crippen LogP) is 5.78. The Balaban J connectivity index is 1.80. The van der Waals surface area contributed by atoms with Crippen LogP contribution in [0, 0.1) is 11.3 Å². The number of alkyl halides is 3. The largest absolute Gasteiger partial charge is 0.417 e. The lowest BCUT2D eigenvalue weighted by Gasteiger charge is -2.28. The summed E-state index contributed by atoms with van der Waals surface area (Å²) in [5, 5.41) is 9.65. The van der Waals surface area contributed by atoms with Gasteiger partial charge in [-0.15, -0.1) is 0 Å². The van der Waals surface area contributed by atoms with Gasteiger partial charge in [-0.05, 0) is 43.4 Å². The van der Waals surface area contributed by atoms with E-state index in [-0.39, 0.29) is 22.1 Å². The Kier molecular flexibility index (Phi) is 6.56. The molecule has 3 heterocycles. The molecule has 5 rings (SSSR count). The first kappa shape index (κ1) is 25.0. The fourth-order valence-corrected chi connectivity index (χ4v) is 5.24. The third-order valence-corrected chi connectivity index (χ3v) is 7.01. The van der Waals surface area contributed by atoms with Crippen molar-refractivity contribution in [3.63, 3.8) is 0 Å². The summed E-state index contributed by atoms with van der Waals surface area (Å²) >= 11 is 7.55. The number of fused-ring (bicyclic) bond motifs is 1. The molecule has 1 fully saturated rings. The van der Waals surface area contributed by atoms with E-state index < -0.39 is 28.7 Å². The summed E-state index contributed by atoms with van der Waals surface area (Å²) in [4.78, 5) is 28.9. The minimum Gasteiger partial charge on any atom is -0.345 e. The van der Waals surface area contributed by atoms with Crippen LogP contribution in [0.5, 0.6) is 0 Å². The van der Waals surface area contributed by atoms with Gasteiger partial charge >= 0.3 is 6.18 Å². The van der Waals surface area contributed by atoms with Gasteiger partial charge in [-0.2, -0.15) is 18.4 Å². The summed E-state index contributed by atoms with van der Waals surface area (Å²) in [5.41, 5.74) is -1.45. The zero-order valence-electron chi connectivity index (χ0n) is 19.3. The van der Waals surface area contributed by atoms with Crippen LogP contribution in [0.25, 0.3) is 16.6 Å². The van der Waals surface area contributed by atoms with Gasteiger partial charge in [0.05, 0.1) is 28.2 Å². The van der Waals surface area contributed by atoms with E-state index in [4.69, 9.17) is 11.6 Å². The second-order valence-electron chi connectivity index (χ2n) is 8.31. The molecule has 4 aromatic rings. The van der Waals surface area contributed by atoms with E-state index in [0.717, 1.165) is 6.07 Å². The highest BCUT2D eigenvalue weighted by Crippen LogP contribution is 2.39. The Bertz CT molecular complexity index is 1600. The van der Waals surface area contributed by atoms with Crippen LogP contribution < -0.4 is 10.5 Å². The summed E-state index contributed by atoms with van der Waals surface area (Å²) < 4.78 is 42.8. The summed E-state index contributed by atoms with van der Waals surface area (Å²) in [6.45, 7) is 0.478. The molecule has 0 saturated carbocycles. The van der Waals surface area contributed by atoms with Gasteiger partial charge < -0.3 is 4.90 Å². The van der Waals surface area contributed by atoms with Gasteiger partial charge in [0.15, 0.2) is 16.1 Å². The molecule has 0 N–H and O–H groups in total. The molecule has 188 valence electrons. The molecule has 1 aliphatic heterocycles. The maximum absolute atomic E-state index is 13.9. The van der Waals surface area contributed by atoms with Crippen molar-refractivity contribution in [2.24, 2.45) is 0 Å². The van der Waals surface area contributed by atoms with Crippen LogP contribution in [-0.2, 0) is 6.18 Å². The highest BCUT2D eigenvalue weighted by Gasteiger charge is 2.37. The van der Waals surface area contributed by atoms with Gasteiger partial charge in [0, 0.05) is 6.54 Å². The number of hydrogen-bond donors (Lipinski definition) is 0. The monoisotopic (exact) mass is 542 g/mol. The minimum atomic E-state index is -4.73. The molecule has 0 amide bonds. The molecule has 1 atom stereocenters. The number of benzene rings is 2. The van der Waals surface area contributed by atoms with Crippen molar-refractivity contribution in [1.29, 1.82) is 5.26 Å². The van der Waals surface area contributed by atoms with Gasteiger partial charge in [0.2, 0.25) is 0 Å². The van der Waals surface area contributed by atoms with Crippen molar-refractivity contribution < 1.29 is 13.2 Å². The molecule has 2 aromatic heterocycles. The average molecular weight is 543 g/mol. The zero-order valence-corrected chi connectivity index (χ0v) is 20.9. The van der Waals surface area contributed by atoms with Crippen LogP contribution >= 0.6 is 23.4 Å². The molecule has 1 saturated heterocycles. The fourth-order valence-electron chi connectivity index (χ4n) is 4.62. The van der Waals surface area contributed by atoms with E-state index in [1.807, 2.05) is 4.90 Å². The third-order valence-electron chi connectivity index (χ3n) is 6.19. The smallest absolute Gasteiger partial charge is 0.345 e. The standard InChI is InChI=1S/C25H18ClF3N6OS/c1-37-24-32-20(26)15(13-30)21(33-24)34-12-6-11-18(34)22-31-17-10-5-9-16(25(27,28)29)19(17)23(36)35(22)14-7-3-2-4-8-14/h2-5,7-10,18H,6,11-12H2,1H3/t18-/m0/s1. The van der Waals surface area contributed by atoms with E-state index in [0.29, 0.717) is 36.0 Å². The van der Waals surface area contributed by atoms with E-state index in [1.165, 1.54) is 28.5 Å². The molecule has 2 aromatic carbocycles. The number of halogens is 4. The second kappa shape index (κ2) is 9.68. The second-order valence-corrected chi connectivity index (χ2v) is 9.44. The quantitative estimate of drug-likeness (QED) is 0.183. The van der Waals surface area contributed by atoms with Gasteiger partial charge in [-0.25, -0.2) is 15.0 Å². The predicted molar refractivity (Wildman–Crippen MR) is 135 cm³/mol. The maximum Gasteiger partial charge on any atom is 0.417 e. The molecule has 12 heteroatoms. The average Bonchev–Trinajstić information content (AvgIpc) is 3.37. The molecule has 1 aliphatic rings. The van der Waals surface area contributed by atoms with Crippen LogP contribution in [-0.4, -0.2) is 32.3 Å². The van der Waals surface area contributed by atoms with E-state index in [1.54, 1.807) is 36.6 Å². The lowest BCUT2D eigenvalue weighted by molar-refractivity contribution is -0.136. The Hall–Kier alpha value is -3.62. The maximum atomic E-state index is 13.9. The number of rotatable bonds is 4. The summed E-state index contributed by atoms with van der Waals surface area (Å²) in [5.74, 6) is 0.553. The Labute approximate surface area is 218 Å². The lowest BCUT2D eigenvalue weighted by Crippen LogP contribution is -2.33. The first-order chi connectivity index (χ1) is 17.7. The van der Waals surface area contributed by atoms with Crippen molar-refractivity contribution in [3.05, 3.63) is 81.0 Å². The highest BCUT2D eigenvalue weighted by atomic mass is 35.5.